The van der Waals surface area contributed by atoms with Crippen molar-refractivity contribution in [2.45, 2.75) is 0 Å². The Bertz CT molecular complexity index is 134. The third-order valence-corrected chi connectivity index (χ3v) is 0.700. The molecule has 0 saturated heterocycles. The average Bonchev–Trinajstić information content (AvgIpc) is 1.98. The average molecular weight is 147 g/mol. The number of hydrogen-bond acceptors (Lipinski definition) is 5. The Labute approximate surface area is 58.3 Å². The highest BCUT2D eigenvalue weighted by atomic mass is 16.6. The number of esters is 2. The van der Waals surface area contributed by atoms with Gasteiger partial charge in [0.05, 0.1) is 7.11 Å². The van der Waals surface area contributed by atoms with Gasteiger partial charge in [0, 0.05) is 0 Å². The Morgan fingerprint density at radius 2 is 2.00 bits per heavy atom. The first-order valence-corrected chi connectivity index (χ1v) is 2.62. The topological polar surface area (TPSA) is 64.6 Å². The molecule has 0 aliphatic heterocycles. The van der Waals surface area contributed by atoms with Crippen molar-refractivity contribution >= 4 is 11.9 Å². The van der Waals surface area contributed by atoms with Crippen molar-refractivity contribution in [1.29, 1.82) is 0 Å². The summed E-state index contributed by atoms with van der Waals surface area (Å²) < 4.78 is 8.39. The van der Waals surface area contributed by atoms with Crippen LogP contribution in [-0.2, 0) is 19.1 Å². The quantitative estimate of drug-likeness (QED) is 0.304. The van der Waals surface area contributed by atoms with Gasteiger partial charge in [-0.3, -0.25) is 5.32 Å². The fourth-order valence-corrected chi connectivity index (χ4v) is 0.280. The number of nitrogens with one attached hydrogen (secondary N) is 1. The van der Waals surface area contributed by atoms with E-state index < -0.39 is 11.9 Å². The van der Waals surface area contributed by atoms with Crippen LogP contribution in [0.2, 0.25) is 0 Å². The number of rotatable bonds is 2. The number of carbonyl (C=O) groups excluding carboxylic acids is 2. The second-order valence-electron chi connectivity index (χ2n) is 1.42. The van der Waals surface area contributed by atoms with E-state index in [0.29, 0.717) is 0 Å². The van der Waals surface area contributed by atoms with E-state index in [4.69, 9.17) is 0 Å². The molecule has 0 atom stereocenters. The molecule has 5 nitrogen and oxygen atoms in total. The minimum Gasteiger partial charge on any atom is -0.461 e. The summed E-state index contributed by atoms with van der Waals surface area (Å²) in [4.78, 5) is 20.7. The predicted molar refractivity (Wildman–Crippen MR) is 32.0 cm³/mol. The van der Waals surface area contributed by atoms with Crippen molar-refractivity contribution in [2.24, 2.45) is 0 Å². The van der Waals surface area contributed by atoms with Gasteiger partial charge in [-0.05, 0) is 7.05 Å². The van der Waals surface area contributed by atoms with Gasteiger partial charge in [-0.1, -0.05) is 0 Å². The Hall–Kier alpha value is -1.10. The maximum absolute atomic E-state index is 10.4. The third kappa shape index (κ3) is 3.03. The maximum Gasteiger partial charge on any atom is 0.418 e. The number of methoxy groups -OCH3 is 1. The van der Waals surface area contributed by atoms with Gasteiger partial charge in [0.1, 0.15) is 6.73 Å². The first-order chi connectivity index (χ1) is 4.72. The van der Waals surface area contributed by atoms with E-state index >= 15 is 0 Å². The van der Waals surface area contributed by atoms with E-state index in [1.54, 1.807) is 7.05 Å². The molecular formula is C5H9NO4. The van der Waals surface area contributed by atoms with Crippen LogP contribution in [0.1, 0.15) is 0 Å². The molecule has 5 heteroatoms. The molecule has 0 aliphatic carbocycles. The van der Waals surface area contributed by atoms with Gasteiger partial charge in [-0.15, -0.1) is 0 Å². The lowest BCUT2D eigenvalue weighted by atomic mass is 10.7. The highest BCUT2D eigenvalue weighted by Gasteiger charge is 2.13. The van der Waals surface area contributed by atoms with Crippen molar-refractivity contribution < 1.29 is 19.1 Å². The summed E-state index contributed by atoms with van der Waals surface area (Å²) in [5.74, 6) is -1.98. The largest absolute Gasteiger partial charge is 0.461 e. The molecule has 0 aromatic rings. The standard InChI is InChI=1S/C5H9NO4/c1-6-3-10-5(8)4(7)9-2/h6H,3H2,1-2H3. The molecule has 0 amide bonds. The molecule has 0 rings (SSSR count). The fourth-order valence-electron chi connectivity index (χ4n) is 0.280. The van der Waals surface area contributed by atoms with Crippen molar-refractivity contribution in [3.05, 3.63) is 0 Å². The van der Waals surface area contributed by atoms with Gasteiger partial charge in [0.25, 0.3) is 0 Å². The van der Waals surface area contributed by atoms with Crippen molar-refractivity contribution in [3.8, 4) is 0 Å². The lowest BCUT2D eigenvalue weighted by Gasteiger charge is -1.99. The van der Waals surface area contributed by atoms with Crippen LogP contribution in [0.4, 0.5) is 0 Å². The number of ether oxygens (including phenoxy) is 2. The van der Waals surface area contributed by atoms with Crippen LogP contribution >= 0.6 is 0 Å². The minimum atomic E-state index is -0.991. The smallest absolute Gasteiger partial charge is 0.418 e. The summed E-state index contributed by atoms with van der Waals surface area (Å²) in [6.45, 7) is 0.00787. The van der Waals surface area contributed by atoms with Crippen molar-refractivity contribution in [2.75, 3.05) is 20.9 Å². The van der Waals surface area contributed by atoms with Crippen LogP contribution in [0.15, 0.2) is 0 Å². The van der Waals surface area contributed by atoms with E-state index in [0.717, 1.165) is 7.11 Å². The monoisotopic (exact) mass is 147 g/mol. The molecule has 0 spiro atoms. The highest BCUT2D eigenvalue weighted by molar-refractivity contribution is 6.29. The molecule has 1 N–H and O–H groups in total. The summed E-state index contributed by atoms with van der Waals surface area (Å²) in [7, 11) is 2.70. The normalized spacial score (nSPS) is 8.60. The number of carbonyl (C=O) groups is 2. The second kappa shape index (κ2) is 4.75. The fraction of sp³-hybridized carbons (Fsp3) is 0.600. The lowest BCUT2D eigenvalue weighted by molar-refractivity contribution is -0.166. The van der Waals surface area contributed by atoms with Crippen molar-refractivity contribution in [3.63, 3.8) is 0 Å². The van der Waals surface area contributed by atoms with Crippen LogP contribution in [0.3, 0.4) is 0 Å². The second-order valence-corrected chi connectivity index (χ2v) is 1.42. The Balaban J connectivity index is 3.52. The molecule has 0 aromatic carbocycles. The Morgan fingerprint density at radius 1 is 1.40 bits per heavy atom. The molecule has 10 heavy (non-hydrogen) atoms. The summed E-state index contributed by atoms with van der Waals surface area (Å²) in [5.41, 5.74) is 0. The van der Waals surface area contributed by atoms with E-state index in [9.17, 15) is 9.59 Å². The lowest BCUT2D eigenvalue weighted by Crippen LogP contribution is -2.23. The zero-order valence-electron chi connectivity index (χ0n) is 5.84. The molecule has 0 saturated carbocycles. The number of hydrogen-bond donors (Lipinski definition) is 1. The molecule has 0 fully saturated rings. The van der Waals surface area contributed by atoms with Crippen LogP contribution in [0, 0.1) is 0 Å². The van der Waals surface area contributed by atoms with Gasteiger partial charge >= 0.3 is 11.9 Å². The third-order valence-electron chi connectivity index (χ3n) is 0.700. The molecule has 58 valence electrons. The highest BCUT2D eigenvalue weighted by Crippen LogP contribution is 1.78. The van der Waals surface area contributed by atoms with Gasteiger partial charge < -0.3 is 9.47 Å². The van der Waals surface area contributed by atoms with E-state index in [-0.39, 0.29) is 6.73 Å². The van der Waals surface area contributed by atoms with E-state index in [2.05, 4.69) is 14.8 Å². The van der Waals surface area contributed by atoms with Crippen LogP contribution in [-0.4, -0.2) is 32.8 Å². The summed E-state index contributed by atoms with van der Waals surface area (Å²) in [6, 6.07) is 0. The molecule has 0 unspecified atom stereocenters. The van der Waals surface area contributed by atoms with Gasteiger partial charge in [-0.2, -0.15) is 0 Å². The molecular weight excluding hydrogens is 138 g/mol. The molecule has 0 aromatic heterocycles. The summed E-state index contributed by atoms with van der Waals surface area (Å²) in [5, 5.41) is 2.53. The van der Waals surface area contributed by atoms with Gasteiger partial charge in [-0.25, -0.2) is 9.59 Å². The van der Waals surface area contributed by atoms with E-state index in [1.807, 2.05) is 0 Å². The van der Waals surface area contributed by atoms with Crippen LogP contribution in [0.25, 0.3) is 0 Å². The maximum atomic E-state index is 10.4. The summed E-state index contributed by atoms with van der Waals surface area (Å²) >= 11 is 0. The molecule has 0 bridgehead atoms. The first-order valence-electron chi connectivity index (χ1n) is 2.62. The van der Waals surface area contributed by atoms with E-state index in [1.165, 1.54) is 0 Å². The Kier molecular flexibility index (Phi) is 4.23. The van der Waals surface area contributed by atoms with Gasteiger partial charge in [0.15, 0.2) is 0 Å². The minimum absolute atomic E-state index is 0.00787. The summed E-state index contributed by atoms with van der Waals surface area (Å²) in [6.07, 6.45) is 0. The molecule has 0 radical (unpaired) electrons. The predicted octanol–water partition coefficient (Wildman–Crippen LogP) is -1.12. The zero-order chi connectivity index (χ0) is 7.98. The van der Waals surface area contributed by atoms with Crippen LogP contribution in [0.5, 0.6) is 0 Å². The zero-order valence-corrected chi connectivity index (χ0v) is 5.84. The van der Waals surface area contributed by atoms with Crippen LogP contribution < -0.4 is 5.32 Å². The SMILES string of the molecule is CNCOC(=O)C(=O)OC. The molecule has 0 heterocycles. The Morgan fingerprint density at radius 3 is 2.40 bits per heavy atom. The van der Waals surface area contributed by atoms with Gasteiger partial charge in [0.2, 0.25) is 0 Å². The first kappa shape index (κ1) is 8.90. The van der Waals surface area contributed by atoms with Crippen molar-refractivity contribution in [1.82, 2.24) is 5.32 Å². The molecule has 0 aliphatic rings.